The maximum Gasteiger partial charge on any atom is 0.274 e. The van der Waals surface area contributed by atoms with Crippen molar-refractivity contribution in [3.63, 3.8) is 0 Å². The molecule has 0 saturated heterocycles. The Kier molecular flexibility index (Phi) is 1.81. The minimum absolute atomic E-state index is 0.124. The molecule has 1 aromatic rings. The number of benzene rings is 1. The van der Waals surface area contributed by atoms with Gasteiger partial charge in [0.05, 0.1) is 5.36 Å². The molecule has 0 aromatic heterocycles. The Bertz CT molecular complexity index is 485. The lowest BCUT2D eigenvalue weighted by atomic mass is 10.1. The highest BCUT2D eigenvalue weighted by Crippen LogP contribution is 2.05. The van der Waals surface area contributed by atoms with Gasteiger partial charge in [0.25, 0.3) is 5.91 Å². The number of amides is 1. The van der Waals surface area contributed by atoms with Crippen LogP contribution in [0.4, 0.5) is 0 Å². The van der Waals surface area contributed by atoms with E-state index in [1.54, 1.807) is 6.08 Å². The molecule has 0 spiro atoms. The quantitative estimate of drug-likeness (QED) is 0.598. The highest BCUT2D eigenvalue weighted by Gasteiger charge is 2.13. The molecule has 0 fully saturated rings. The molecule has 0 saturated carbocycles. The zero-order valence-electron chi connectivity index (χ0n) is 7.16. The van der Waals surface area contributed by atoms with Crippen LogP contribution >= 0.6 is 0 Å². The van der Waals surface area contributed by atoms with Gasteiger partial charge in [-0.15, -0.1) is 6.58 Å². The van der Waals surface area contributed by atoms with Crippen molar-refractivity contribution in [3.8, 4) is 0 Å². The molecule has 1 heterocycles. The normalized spacial score (nSPS) is 13.8. The van der Waals surface area contributed by atoms with E-state index < -0.39 is 0 Å². The molecule has 64 valence electrons. The molecule has 2 rings (SSSR count). The van der Waals surface area contributed by atoms with E-state index in [0.717, 1.165) is 16.1 Å². The van der Waals surface area contributed by atoms with Crippen molar-refractivity contribution < 1.29 is 4.79 Å². The van der Waals surface area contributed by atoms with Crippen LogP contribution in [0.2, 0.25) is 0 Å². The zero-order valence-corrected chi connectivity index (χ0v) is 7.16. The summed E-state index contributed by atoms with van der Waals surface area (Å²) in [7, 11) is 0. The fourth-order valence-corrected chi connectivity index (χ4v) is 1.46. The van der Waals surface area contributed by atoms with Crippen LogP contribution < -0.4 is 10.6 Å². The van der Waals surface area contributed by atoms with E-state index >= 15 is 0 Å². The fourth-order valence-electron chi connectivity index (χ4n) is 1.46. The first-order valence-electron chi connectivity index (χ1n) is 4.15. The second-order valence-electron chi connectivity index (χ2n) is 2.91. The highest BCUT2D eigenvalue weighted by molar-refractivity contribution is 6.15. The van der Waals surface area contributed by atoms with Crippen molar-refractivity contribution in [2.24, 2.45) is 4.99 Å². The molecule has 1 aliphatic heterocycles. The van der Waals surface area contributed by atoms with Gasteiger partial charge in [0, 0.05) is 10.8 Å². The van der Waals surface area contributed by atoms with Crippen LogP contribution in [-0.2, 0) is 4.79 Å². The number of fused-ring (bicyclic) bond motifs is 1. The number of para-hydroxylation sites is 1. The average molecular weight is 171 g/mol. The maximum absolute atomic E-state index is 11.4. The van der Waals surface area contributed by atoms with Crippen molar-refractivity contribution in [2.45, 2.75) is 6.42 Å². The molecule has 0 aliphatic carbocycles. The molecule has 0 N–H and O–H groups in total. The standard InChI is InChI=1S/C11H9NO/c1-2-5-9-8-6-3-4-7-10(8)12-11(9)13/h2-4,6-7H,1,5H2. The number of rotatable bonds is 2. The Balaban J connectivity index is 2.76. The van der Waals surface area contributed by atoms with Gasteiger partial charge in [-0.25, -0.2) is 4.99 Å². The van der Waals surface area contributed by atoms with Gasteiger partial charge in [-0.3, -0.25) is 4.79 Å². The average Bonchev–Trinajstić information content (AvgIpc) is 2.44. The Labute approximate surface area is 75.9 Å². The summed E-state index contributed by atoms with van der Waals surface area (Å²) in [4.78, 5) is 15.3. The third-order valence-corrected chi connectivity index (χ3v) is 2.06. The van der Waals surface area contributed by atoms with Crippen LogP contribution in [0.5, 0.6) is 0 Å². The van der Waals surface area contributed by atoms with Crippen molar-refractivity contribution in [1.29, 1.82) is 0 Å². The van der Waals surface area contributed by atoms with Gasteiger partial charge in [0.1, 0.15) is 0 Å². The molecule has 1 aromatic carbocycles. The first-order valence-corrected chi connectivity index (χ1v) is 4.15. The van der Waals surface area contributed by atoms with Gasteiger partial charge in [-0.05, 0) is 12.5 Å². The van der Waals surface area contributed by atoms with Gasteiger partial charge < -0.3 is 0 Å². The summed E-state index contributed by atoms with van der Waals surface area (Å²) in [6.45, 7) is 3.62. The summed E-state index contributed by atoms with van der Waals surface area (Å²) in [6.07, 6.45) is 2.32. The number of carbonyl (C=O) groups excluding carboxylic acids is 1. The fraction of sp³-hybridized carbons (Fsp3) is 0.0909. The van der Waals surface area contributed by atoms with Crippen molar-refractivity contribution >= 4 is 11.5 Å². The second kappa shape index (κ2) is 2.98. The van der Waals surface area contributed by atoms with Gasteiger partial charge >= 0.3 is 0 Å². The Morgan fingerprint density at radius 1 is 1.38 bits per heavy atom. The lowest BCUT2D eigenvalue weighted by Gasteiger charge is -1.91. The number of hydrogen-bond acceptors (Lipinski definition) is 1. The smallest absolute Gasteiger partial charge is 0.267 e. The van der Waals surface area contributed by atoms with E-state index in [-0.39, 0.29) is 5.91 Å². The number of nitrogens with zero attached hydrogens (tertiary/aromatic N) is 1. The number of allylic oxidation sites excluding steroid dienone is 1. The Morgan fingerprint density at radius 2 is 2.15 bits per heavy atom. The molecular weight excluding hydrogens is 162 g/mol. The number of hydrogen-bond donors (Lipinski definition) is 0. The zero-order chi connectivity index (χ0) is 9.26. The van der Waals surface area contributed by atoms with Crippen LogP contribution in [-0.4, -0.2) is 5.91 Å². The highest BCUT2D eigenvalue weighted by atomic mass is 16.1. The van der Waals surface area contributed by atoms with Crippen molar-refractivity contribution in [2.75, 3.05) is 0 Å². The summed E-state index contributed by atoms with van der Waals surface area (Å²) < 4.78 is 0. The lowest BCUT2D eigenvalue weighted by Crippen LogP contribution is -2.21. The molecule has 0 bridgehead atoms. The molecule has 0 radical (unpaired) electrons. The van der Waals surface area contributed by atoms with E-state index in [4.69, 9.17) is 0 Å². The van der Waals surface area contributed by atoms with Gasteiger partial charge in [-0.2, -0.15) is 0 Å². The molecule has 13 heavy (non-hydrogen) atoms. The van der Waals surface area contributed by atoms with E-state index in [1.165, 1.54) is 0 Å². The molecule has 0 atom stereocenters. The van der Waals surface area contributed by atoms with Crippen LogP contribution in [0.3, 0.4) is 0 Å². The van der Waals surface area contributed by atoms with Gasteiger partial charge in [-0.1, -0.05) is 24.3 Å². The predicted octanol–water partition coefficient (Wildman–Crippen LogP) is 0.573. The second-order valence-corrected chi connectivity index (χ2v) is 2.91. The summed E-state index contributed by atoms with van der Waals surface area (Å²) >= 11 is 0. The van der Waals surface area contributed by atoms with Crippen molar-refractivity contribution in [1.82, 2.24) is 0 Å². The summed E-state index contributed by atoms with van der Waals surface area (Å²) in [6, 6.07) is 7.56. The van der Waals surface area contributed by atoms with Crippen LogP contribution in [0.1, 0.15) is 6.42 Å². The first-order chi connectivity index (χ1) is 6.33. The van der Waals surface area contributed by atoms with E-state index in [1.807, 2.05) is 24.3 Å². The lowest BCUT2D eigenvalue weighted by molar-refractivity contribution is -0.112. The minimum Gasteiger partial charge on any atom is -0.267 e. The van der Waals surface area contributed by atoms with Crippen LogP contribution in [0.25, 0.3) is 5.57 Å². The topological polar surface area (TPSA) is 29.4 Å². The van der Waals surface area contributed by atoms with Gasteiger partial charge in [0.15, 0.2) is 0 Å². The molecule has 1 aliphatic rings. The Morgan fingerprint density at radius 3 is 2.92 bits per heavy atom. The SMILES string of the molecule is C=CCC1=c2ccccc2=NC1=O. The Hall–Kier alpha value is -1.70. The van der Waals surface area contributed by atoms with Crippen LogP contribution in [0.15, 0.2) is 41.9 Å². The molecule has 0 unspecified atom stereocenters. The minimum atomic E-state index is -0.124. The summed E-state index contributed by atoms with van der Waals surface area (Å²) in [5, 5.41) is 1.73. The molecular formula is C11H9NO. The van der Waals surface area contributed by atoms with E-state index in [9.17, 15) is 4.79 Å². The molecule has 2 nitrogen and oxygen atoms in total. The summed E-state index contributed by atoms with van der Waals surface area (Å²) in [5.41, 5.74) is 0.755. The van der Waals surface area contributed by atoms with Crippen molar-refractivity contribution in [3.05, 3.63) is 47.5 Å². The van der Waals surface area contributed by atoms with Crippen LogP contribution in [0, 0.1) is 0 Å². The van der Waals surface area contributed by atoms with Gasteiger partial charge in [0.2, 0.25) is 0 Å². The number of carbonyl (C=O) groups is 1. The monoisotopic (exact) mass is 171 g/mol. The molecule has 2 heteroatoms. The first kappa shape index (κ1) is 7.92. The predicted molar refractivity (Wildman–Crippen MR) is 50.5 cm³/mol. The largest absolute Gasteiger partial charge is 0.274 e. The maximum atomic E-state index is 11.4. The third-order valence-electron chi connectivity index (χ3n) is 2.06. The van der Waals surface area contributed by atoms with E-state index in [0.29, 0.717) is 6.42 Å². The molecule has 1 amide bonds. The van der Waals surface area contributed by atoms with E-state index in [2.05, 4.69) is 11.6 Å². The third kappa shape index (κ3) is 1.20. The summed E-state index contributed by atoms with van der Waals surface area (Å²) in [5.74, 6) is -0.124.